The fraction of sp³-hybridized carbons (Fsp3) is 0.343. The highest BCUT2D eigenvalue weighted by atomic mass is 16.2. The van der Waals surface area contributed by atoms with Crippen LogP contribution in [0.2, 0.25) is 0 Å². The maximum atomic E-state index is 13.5. The number of hydrogen-bond acceptors (Lipinski definition) is 5. The van der Waals surface area contributed by atoms with E-state index < -0.39 is 0 Å². The van der Waals surface area contributed by atoms with E-state index >= 15 is 0 Å². The van der Waals surface area contributed by atoms with Crippen molar-refractivity contribution in [1.29, 1.82) is 0 Å². The van der Waals surface area contributed by atoms with E-state index in [1.54, 1.807) is 6.20 Å². The van der Waals surface area contributed by atoms with Crippen LogP contribution in [0, 0.1) is 0 Å². The number of rotatable bonds is 10. The number of carbonyl (C=O) groups excluding carboxylic acids is 1. The van der Waals surface area contributed by atoms with Crippen LogP contribution >= 0.6 is 0 Å². The Labute approximate surface area is 253 Å². The van der Waals surface area contributed by atoms with E-state index in [0.29, 0.717) is 18.1 Å². The monoisotopic (exact) mass is 573 g/mol. The van der Waals surface area contributed by atoms with Crippen LogP contribution in [0.25, 0.3) is 33.6 Å². The van der Waals surface area contributed by atoms with Gasteiger partial charge in [0.05, 0.1) is 6.20 Å². The highest BCUT2D eigenvalue weighted by Crippen LogP contribution is 2.34. The molecular weight excluding hydrogens is 534 g/mol. The molecule has 0 spiro atoms. The number of imidazole rings is 1. The smallest absolute Gasteiger partial charge is 0.269 e. The molecule has 0 bridgehead atoms. The molecule has 3 aromatic carbocycles. The molecular formula is C35H39N7O. The summed E-state index contributed by atoms with van der Waals surface area (Å²) in [6, 6.07) is 25.5. The lowest BCUT2D eigenvalue weighted by Gasteiger charge is -2.18. The molecule has 6 rings (SSSR count). The minimum Gasteiger partial charge on any atom is -0.348 e. The molecule has 0 unspecified atom stereocenters. The van der Waals surface area contributed by atoms with Crippen LogP contribution in [0.1, 0.15) is 80.2 Å². The van der Waals surface area contributed by atoms with Crippen molar-refractivity contribution in [2.24, 2.45) is 0 Å². The molecule has 0 atom stereocenters. The fourth-order valence-electron chi connectivity index (χ4n) is 6.03. The summed E-state index contributed by atoms with van der Waals surface area (Å²) in [4.78, 5) is 18.2. The van der Waals surface area contributed by atoms with E-state index in [4.69, 9.17) is 4.98 Å². The second-order valence-electron chi connectivity index (χ2n) is 11.5. The third kappa shape index (κ3) is 6.74. The molecule has 1 aliphatic rings. The quantitative estimate of drug-likeness (QED) is 0.172. The summed E-state index contributed by atoms with van der Waals surface area (Å²) < 4.78 is 2.11. The summed E-state index contributed by atoms with van der Waals surface area (Å²) in [6.45, 7) is 2.77. The van der Waals surface area contributed by atoms with Crippen molar-refractivity contribution in [3.05, 3.63) is 96.1 Å². The van der Waals surface area contributed by atoms with Crippen molar-refractivity contribution in [1.82, 2.24) is 35.5 Å². The zero-order chi connectivity index (χ0) is 29.4. The third-order valence-corrected chi connectivity index (χ3v) is 8.43. The number of tetrazole rings is 1. The number of amides is 1. The summed E-state index contributed by atoms with van der Waals surface area (Å²) in [7, 11) is 0. The van der Waals surface area contributed by atoms with Gasteiger partial charge >= 0.3 is 0 Å². The van der Waals surface area contributed by atoms with Gasteiger partial charge in [-0.15, -0.1) is 10.2 Å². The summed E-state index contributed by atoms with van der Waals surface area (Å²) in [5.74, 6) is 1.51. The summed E-state index contributed by atoms with van der Waals surface area (Å²) in [5, 5.41) is 18.2. The average molecular weight is 574 g/mol. The van der Waals surface area contributed by atoms with Crippen LogP contribution < -0.4 is 5.32 Å². The first kappa shape index (κ1) is 28.5. The van der Waals surface area contributed by atoms with Crippen molar-refractivity contribution in [3.63, 3.8) is 0 Å². The number of hydrogen-bond donors (Lipinski definition) is 2. The second-order valence-corrected chi connectivity index (χ2v) is 11.5. The number of benzene rings is 3. The standard InChI is InChI=1S/C35H39N7O/c1-2-3-15-33-36-23-32(35(43)37-29-13-9-4-5-10-14-29)42(33)24-25-16-18-27(19-17-25)31-22-28(26-11-7-6-8-12-26)20-21-30(31)34-38-40-41-39-34/h6-8,11-12,16-23,29H,2-5,9-10,13-15,24H2,1H3,(H,37,43)(H,38,39,40,41). The molecule has 8 nitrogen and oxygen atoms in total. The van der Waals surface area contributed by atoms with Gasteiger partial charge in [0.25, 0.3) is 5.91 Å². The minimum atomic E-state index is -0.0127. The molecule has 1 fully saturated rings. The molecule has 2 aromatic heterocycles. The van der Waals surface area contributed by atoms with Gasteiger partial charge in [-0.2, -0.15) is 5.21 Å². The average Bonchev–Trinajstić information content (AvgIpc) is 3.65. The van der Waals surface area contributed by atoms with E-state index in [0.717, 1.165) is 71.3 Å². The topological polar surface area (TPSA) is 101 Å². The first-order chi connectivity index (χ1) is 21.2. The van der Waals surface area contributed by atoms with E-state index in [1.165, 1.54) is 25.7 Å². The van der Waals surface area contributed by atoms with Crippen LogP contribution in [-0.2, 0) is 13.0 Å². The van der Waals surface area contributed by atoms with Gasteiger partial charge in [0, 0.05) is 24.6 Å². The maximum absolute atomic E-state index is 13.5. The second kappa shape index (κ2) is 13.6. The van der Waals surface area contributed by atoms with Gasteiger partial charge in [-0.25, -0.2) is 4.98 Å². The first-order valence-corrected chi connectivity index (χ1v) is 15.6. The number of aryl methyl sites for hydroxylation is 1. The molecule has 2 N–H and O–H groups in total. The van der Waals surface area contributed by atoms with Crippen molar-refractivity contribution < 1.29 is 4.79 Å². The van der Waals surface area contributed by atoms with E-state index in [1.807, 2.05) is 18.2 Å². The largest absolute Gasteiger partial charge is 0.348 e. The Kier molecular flexibility index (Phi) is 9.02. The fourth-order valence-corrected chi connectivity index (χ4v) is 6.03. The molecule has 0 aliphatic heterocycles. The Morgan fingerprint density at radius 3 is 2.40 bits per heavy atom. The predicted molar refractivity (Wildman–Crippen MR) is 169 cm³/mol. The van der Waals surface area contributed by atoms with Gasteiger partial charge in [0.2, 0.25) is 5.82 Å². The first-order valence-electron chi connectivity index (χ1n) is 15.6. The predicted octanol–water partition coefficient (Wildman–Crippen LogP) is 7.24. The van der Waals surface area contributed by atoms with Crippen molar-refractivity contribution >= 4 is 5.91 Å². The van der Waals surface area contributed by atoms with Gasteiger partial charge in [-0.1, -0.05) is 99.7 Å². The summed E-state index contributed by atoms with van der Waals surface area (Å²) in [5.41, 5.74) is 7.03. The molecule has 2 heterocycles. The highest BCUT2D eigenvalue weighted by molar-refractivity contribution is 5.92. The molecule has 0 radical (unpaired) electrons. The lowest BCUT2D eigenvalue weighted by atomic mass is 9.93. The van der Waals surface area contributed by atoms with Gasteiger partial charge in [0.1, 0.15) is 11.5 Å². The van der Waals surface area contributed by atoms with Crippen molar-refractivity contribution in [2.75, 3.05) is 0 Å². The maximum Gasteiger partial charge on any atom is 0.269 e. The number of nitrogens with zero attached hydrogens (tertiary/aromatic N) is 5. The van der Waals surface area contributed by atoms with Gasteiger partial charge in [-0.3, -0.25) is 4.79 Å². The molecule has 1 aliphatic carbocycles. The Balaban J connectivity index is 1.28. The number of aromatic amines is 1. The van der Waals surface area contributed by atoms with Crippen LogP contribution in [0.3, 0.4) is 0 Å². The van der Waals surface area contributed by atoms with Crippen molar-refractivity contribution in [3.8, 4) is 33.6 Å². The normalized spacial score (nSPS) is 14.0. The Hall–Kier alpha value is -4.59. The molecule has 8 heteroatoms. The minimum absolute atomic E-state index is 0.0127. The van der Waals surface area contributed by atoms with Crippen LogP contribution in [0.15, 0.2) is 79.0 Å². The van der Waals surface area contributed by atoms with Gasteiger partial charge in [-0.05, 0) is 64.4 Å². The van der Waals surface area contributed by atoms with Crippen LogP contribution in [-0.4, -0.2) is 42.1 Å². The van der Waals surface area contributed by atoms with Crippen molar-refractivity contribution in [2.45, 2.75) is 77.3 Å². The molecule has 220 valence electrons. The number of carbonyl (C=O) groups is 1. The van der Waals surface area contributed by atoms with Gasteiger partial charge < -0.3 is 9.88 Å². The summed E-state index contributed by atoms with van der Waals surface area (Å²) in [6.07, 6.45) is 11.7. The van der Waals surface area contributed by atoms with E-state index in [-0.39, 0.29) is 11.9 Å². The Morgan fingerprint density at radius 1 is 0.907 bits per heavy atom. The molecule has 0 saturated heterocycles. The Bertz CT molecular complexity index is 1620. The highest BCUT2D eigenvalue weighted by Gasteiger charge is 2.21. The molecule has 1 amide bonds. The molecule has 43 heavy (non-hydrogen) atoms. The van der Waals surface area contributed by atoms with Crippen LogP contribution in [0.4, 0.5) is 0 Å². The molecule has 5 aromatic rings. The zero-order valence-electron chi connectivity index (χ0n) is 24.8. The number of aromatic nitrogens is 6. The van der Waals surface area contributed by atoms with E-state index in [9.17, 15) is 4.79 Å². The van der Waals surface area contributed by atoms with Crippen LogP contribution in [0.5, 0.6) is 0 Å². The third-order valence-electron chi connectivity index (χ3n) is 8.43. The summed E-state index contributed by atoms with van der Waals surface area (Å²) >= 11 is 0. The zero-order valence-corrected chi connectivity index (χ0v) is 24.8. The molecule has 1 saturated carbocycles. The van der Waals surface area contributed by atoms with E-state index in [2.05, 4.69) is 92.0 Å². The SMILES string of the molecule is CCCCc1ncc(C(=O)NC2CCCCCC2)n1Cc1ccc(-c2cc(-c3ccccc3)ccc2-c2nn[nH]n2)cc1. The van der Waals surface area contributed by atoms with Gasteiger partial charge in [0.15, 0.2) is 0 Å². The number of unbranched alkanes of at least 4 members (excludes halogenated alkanes) is 1. The Morgan fingerprint density at radius 2 is 1.67 bits per heavy atom. The lowest BCUT2D eigenvalue weighted by molar-refractivity contribution is 0.0924. The lowest BCUT2D eigenvalue weighted by Crippen LogP contribution is -2.35. The number of nitrogens with one attached hydrogen (secondary N) is 2. The number of H-pyrrole nitrogens is 1.